The van der Waals surface area contributed by atoms with Crippen molar-refractivity contribution < 1.29 is 14.7 Å². The number of anilines is 1. The lowest BCUT2D eigenvalue weighted by molar-refractivity contribution is -0.117. The SMILES string of the molecule is O=C(c1ccc(N2CCCC2=O)cc1)N(CCO)Cc1ncc[nH]1. The minimum absolute atomic E-state index is 0.118. The quantitative estimate of drug-likeness (QED) is 0.833. The Morgan fingerprint density at radius 1 is 1.33 bits per heavy atom. The zero-order chi connectivity index (χ0) is 16.9. The number of hydrogen-bond donors (Lipinski definition) is 2. The highest BCUT2D eigenvalue weighted by molar-refractivity contribution is 5.97. The number of aliphatic hydroxyl groups is 1. The molecular weight excluding hydrogens is 308 g/mol. The number of rotatable bonds is 6. The topological polar surface area (TPSA) is 89.5 Å². The van der Waals surface area contributed by atoms with Crippen molar-refractivity contribution in [2.24, 2.45) is 0 Å². The Morgan fingerprint density at radius 3 is 2.71 bits per heavy atom. The number of imidazole rings is 1. The number of benzene rings is 1. The fraction of sp³-hybridized carbons (Fsp3) is 0.353. The van der Waals surface area contributed by atoms with Gasteiger partial charge in [-0.2, -0.15) is 0 Å². The summed E-state index contributed by atoms with van der Waals surface area (Å²) in [7, 11) is 0. The summed E-state index contributed by atoms with van der Waals surface area (Å²) in [5.74, 6) is 0.602. The van der Waals surface area contributed by atoms with Crippen molar-refractivity contribution in [2.45, 2.75) is 19.4 Å². The summed E-state index contributed by atoms with van der Waals surface area (Å²) < 4.78 is 0. The molecule has 126 valence electrons. The fourth-order valence-electron chi connectivity index (χ4n) is 2.83. The first-order chi connectivity index (χ1) is 11.7. The van der Waals surface area contributed by atoms with Crippen LogP contribution >= 0.6 is 0 Å². The van der Waals surface area contributed by atoms with Crippen molar-refractivity contribution in [3.05, 3.63) is 48.0 Å². The van der Waals surface area contributed by atoms with Crippen molar-refractivity contribution in [3.63, 3.8) is 0 Å². The molecule has 2 aromatic rings. The molecule has 2 amide bonds. The van der Waals surface area contributed by atoms with Crippen molar-refractivity contribution in [2.75, 3.05) is 24.6 Å². The lowest BCUT2D eigenvalue weighted by atomic mass is 10.1. The van der Waals surface area contributed by atoms with Crippen LogP contribution in [0.3, 0.4) is 0 Å². The van der Waals surface area contributed by atoms with Crippen LogP contribution in [0.1, 0.15) is 29.0 Å². The standard InChI is InChI=1S/C17H20N4O3/c22-11-10-20(12-15-18-7-8-19-15)17(24)13-3-5-14(6-4-13)21-9-1-2-16(21)23/h3-8,22H,1-2,9-12H2,(H,18,19). The predicted molar refractivity (Wildman–Crippen MR) is 88.4 cm³/mol. The molecule has 0 saturated carbocycles. The molecule has 1 aliphatic rings. The van der Waals surface area contributed by atoms with E-state index in [0.29, 0.717) is 24.4 Å². The zero-order valence-corrected chi connectivity index (χ0v) is 13.3. The third-order valence-corrected chi connectivity index (χ3v) is 4.05. The summed E-state index contributed by atoms with van der Waals surface area (Å²) in [6.45, 7) is 1.14. The average molecular weight is 328 g/mol. The largest absolute Gasteiger partial charge is 0.395 e. The molecule has 7 heteroatoms. The lowest BCUT2D eigenvalue weighted by Gasteiger charge is -2.21. The van der Waals surface area contributed by atoms with Crippen molar-refractivity contribution in [3.8, 4) is 0 Å². The minimum Gasteiger partial charge on any atom is -0.395 e. The van der Waals surface area contributed by atoms with Gasteiger partial charge in [-0.25, -0.2) is 4.98 Å². The van der Waals surface area contributed by atoms with E-state index in [1.807, 2.05) is 0 Å². The highest BCUT2D eigenvalue weighted by Crippen LogP contribution is 2.22. The van der Waals surface area contributed by atoms with Gasteiger partial charge in [-0.05, 0) is 30.7 Å². The van der Waals surface area contributed by atoms with Crippen LogP contribution in [0.15, 0.2) is 36.7 Å². The molecule has 1 aromatic heterocycles. The first kappa shape index (κ1) is 16.2. The van der Waals surface area contributed by atoms with Crippen LogP contribution in [0.2, 0.25) is 0 Å². The van der Waals surface area contributed by atoms with Gasteiger partial charge < -0.3 is 19.9 Å². The molecule has 2 heterocycles. The van der Waals surface area contributed by atoms with E-state index < -0.39 is 0 Å². The number of aromatic amines is 1. The van der Waals surface area contributed by atoms with E-state index >= 15 is 0 Å². The van der Waals surface area contributed by atoms with Crippen molar-refractivity contribution in [1.29, 1.82) is 0 Å². The van der Waals surface area contributed by atoms with Gasteiger partial charge >= 0.3 is 0 Å². The van der Waals surface area contributed by atoms with E-state index in [9.17, 15) is 14.7 Å². The maximum Gasteiger partial charge on any atom is 0.254 e. The highest BCUT2D eigenvalue weighted by atomic mass is 16.3. The number of carbonyl (C=O) groups is 2. The van der Waals surface area contributed by atoms with Crippen LogP contribution in [0.25, 0.3) is 0 Å². The third kappa shape index (κ3) is 3.46. The summed E-state index contributed by atoms with van der Waals surface area (Å²) in [6, 6.07) is 7.02. The molecule has 0 radical (unpaired) electrons. The first-order valence-corrected chi connectivity index (χ1v) is 7.98. The Labute approximate surface area is 139 Å². The summed E-state index contributed by atoms with van der Waals surface area (Å²) >= 11 is 0. The maximum atomic E-state index is 12.7. The number of aliphatic hydroxyl groups excluding tert-OH is 1. The second-order valence-electron chi connectivity index (χ2n) is 5.68. The summed E-state index contributed by atoms with van der Waals surface area (Å²) in [4.78, 5) is 34.8. The molecule has 7 nitrogen and oxygen atoms in total. The first-order valence-electron chi connectivity index (χ1n) is 7.98. The third-order valence-electron chi connectivity index (χ3n) is 4.05. The van der Waals surface area contributed by atoms with Gasteiger partial charge in [-0.15, -0.1) is 0 Å². The Balaban J connectivity index is 1.73. The average Bonchev–Trinajstić information content (AvgIpc) is 3.25. The monoisotopic (exact) mass is 328 g/mol. The Morgan fingerprint density at radius 2 is 2.12 bits per heavy atom. The molecule has 1 fully saturated rings. The predicted octanol–water partition coefficient (Wildman–Crippen LogP) is 1.17. The van der Waals surface area contributed by atoms with E-state index in [2.05, 4.69) is 9.97 Å². The van der Waals surface area contributed by atoms with Gasteiger partial charge in [-0.1, -0.05) is 0 Å². The highest BCUT2D eigenvalue weighted by Gasteiger charge is 2.22. The van der Waals surface area contributed by atoms with E-state index in [4.69, 9.17) is 0 Å². The van der Waals surface area contributed by atoms with E-state index in [-0.39, 0.29) is 25.0 Å². The molecule has 0 unspecified atom stereocenters. The fourth-order valence-corrected chi connectivity index (χ4v) is 2.83. The number of nitrogens with zero attached hydrogens (tertiary/aromatic N) is 3. The number of aromatic nitrogens is 2. The summed E-state index contributed by atoms with van der Waals surface area (Å²) in [6.07, 6.45) is 4.76. The number of amides is 2. The van der Waals surface area contributed by atoms with Crippen molar-refractivity contribution in [1.82, 2.24) is 14.9 Å². The van der Waals surface area contributed by atoms with E-state index in [0.717, 1.165) is 18.7 Å². The Bertz CT molecular complexity index is 697. The van der Waals surface area contributed by atoms with Crippen LogP contribution in [0.5, 0.6) is 0 Å². The second kappa shape index (κ2) is 7.27. The molecule has 0 spiro atoms. The van der Waals surface area contributed by atoms with Gasteiger partial charge in [0.2, 0.25) is 5.91 Å². The van der Waals surface area contributed by atoms with Crippen LogP contribution in [0.4, 0.5) is 5.69 Å². The van der Waals surface area contributed by atoms with E-state index in [1.165, 1.54) is 4.90 Å². The van der Waals surface area contributed by atoms with Crippen molar-refractivity contribution >= 4 is 17.5 Å². The van der Waals surface area contributed by atoms with Gasteiger partial charge in [0.05, 0.1) is 13.2 Å². The molecule has 1 aliphatic heterocycles. The van der Waals surface area contributed by atoms with Gasteiger partial charge in [0, 0.05) is 43.2 Å². The van der Waals surface area contributed by atoms with Gasteiger partial charge in [-0.3, -0.25) is 9.59 Å². The summed E-state index contributed by atoms with van der Waals surface area (Å²) in [5, 5.41) is 9.21. The van der Waals surface area contributed by atoms with Gasteiger partial charge in [0.15, 0.2) is 0 Å². The maximum absolute atomic E-state index is 12.7. The van der Waals surface area contributed by atoms with Crippen LogP contribution in [0, 0.1) is 0 Å². The molecule has 24 heavy (non-hydrogen) atoms. The minimum atomic E-state index is -0.181. The molecule has 0 atom stereocenters. The molecule has 2 N–H and O–H groups in total. The Kier molecular flexibility index (Phi) is 4.90. The molecule has 1 saturated heterocycles. The van der Waals surface area contributed by atoms with Crippen LogP contribution < -0.4 is 4.90 Å². The van der Waals surface area contributed by atoms with Gasteiger partial charge in [0.1, 0.15) is 5.82 Å². The molecule has 0 aliphatic carbocycles. The zero-order valence-electron chi connectivity index (χ0n) is 13.3. The Hall–Kier alpha value is -2.67. The second-order valence-corrected chi connectivity index (χ2v) is 5.68. The molecular formula is C17H20N4O3. The molecule has 0 bridgehead atoms. The number of H-pyrrole nitrogens is 1. The number of carbonyl (C=O) groups excluding carboxylic acids is 2. The summed E-state index contributed by atoms with van der Waals surface area (Å²) in [5.41, 5.74) is 1.33. The van der Waals surface area contributed by atoms with E-state index in [1.54, 1.807) is 41.6 Å². The number of nitrogens with one attached hydrogen (secondary N) is 1. The normalized spacial score (nSPS) is 14.2. The lowest BCUT2D eigenvalue weighted by Crippen LogP contribution is -2.33. The van der Waals surface area contributed by atoms with Gasteiger partial charge in [0.25, 0.3) is 5.91 Å². The molecule has 1 aromatic carbocycles. The molecule has 3 rings (SSSR count). The smallest absolute Gasteiger partial charge is 0.254 e. The van der Waals surface area contributed by atoms with Crippen LogP contribution in [-0.4, -0.2) is 51.5 Å². The van der Waals surface area contributed by atoms with Crippen LogP contribution in [-0.2, 0) is 11.3 Å². The number of hydrogen-bond acceptors (Lipinski definition) is 4.